The number of benzene rings is 1. The van der Waals surface area contributed by atoms with Gasteiger partial charge < -0.3 is 15.6 Å². The summed E-state index contributed by atoms with van der Waals surface area (Å²) < 4.78 is 18.9. The maximum atomic E-state index is 12.9. The number of ether oxygens (including phenoxy) is 1. The number of hydrogen-bond donors (Lipinski definition) is 2. The summed E-state index contributed by atoms with van der Waals surface area (Å²) in [7, 11) is 0. The van der Waals surface area contributed by atoms with Gasteiger partial charge in [-0.15, -0.1) is 0 Å². The first-order valence-corrected chi connectivity index (χ1v) is 5.92. The van der Waals surface area contributed by atoms with Gasteiger partial charge in [-0.2, -0.15) is 0 Å². The smallest absolute Gasteiger partial charge is 0.156 e. The fourth-order valence-electron chi connectivity index (χ4n) is 1.30. The van der Waals surface area contributed by atoms with Crippen LogP contribution in [0.25, 0.3) is 0 Å². The van der Waals surface area contributed by atoms with E-state index in [1.54, 1.807) is 0 Å². The third-order valence-corrected chi connectivity index (χ3v) is 2.67. The van der Waals surface area contributed by atoms with Crippen LogP contribution < -0.4 is 10.5 Å². The van der Waals surface area contributed by atoms with Gasteiger partial charge in [0, 0.05) is 12.7 Å². The Balaban J connectivity index is 2.47. The van der Waals surface area contributed by atoms with Gasteiger partial charge in [0.2, 0.25) is 0 Å². The second-order valence-corrected chi connectivity index (χ2v) is 4.29. The first-order chi connectivity index (χ1) is 7.65. The molecule has 0 unspecified atom stereocenters. The molecule has 3 N–H and O–H groups in total. The van der Waals surface area contributed by atoms with E-state index < -0.39 is 5.82 Å². The Hall–Kier alpha value is -0.810. The minimum atomic E-state index is -0.392. The minimum Gasteiger partial charge on any atom is -0.490 e. The lowest BCUT2D eigenvalue weighted by molar-refractivity contribution is 0.266. The molecule has 0 bridgehead atoms. The molecular formula is C11H15BrFNO2. The van der Waals surface area contributed by atoms with Crippen LogP contribution in [0.4, 0.5) is 10.1 Å². The average Bonchev–Trinajstić information content (AvgIpc) is 2.20. The summed E-state index contributed by atoms with van der Waals surface area (Å²) in [6.07, 6.45) is 2.50. The molecule has 0 aliphatic heterocycles. The Morgan fingerprint density at radius 3 is 2.69 bits per heavy atom. The summed E-state index contributed by atoms with van der Waals surface area (Å²) >= 11 is 3.20. The van der Waals surface area contributed by atoms with Crippen molar-refractivity contribution in [1.82, 2.24) is 0 Å². The molecule has 0 atom stereocenters. The Morgan fingerprint density at radius 2 is 2.06 bits per heavy atom. The number of nitrogens with two attached hydrogens (primary N) is 1. The van der Waals surface area contributed by atoms with Crippen molar-refractivity contribution in [2.24, 2.45) is 0 Å². The third kappa shape index (κ3) is 3.98. The zero-order chi connectivity index (χ0) is 12.0. The van der Waals surface area contributed by atoms with Gasteiger partial charge in [0.05, 0.1) is 16.8 Å². The van der Waals surface area contributed by atoms with E-state index >= 15 is 0 Å². The Bertz CT molecular complexity index is 324. The monoisotopic (exact) mass is 291 g/mol. The van der Waals surface area contributed by atoms with Crippen LogP contribution >= 0.6 is 15.9 Å². The van der Waals surface area contributed by atoms with E-state index in [1.165, 1.54) is 12.1 Å². The summed E-state index contributed by atoms with van der Waals surface area (Å²) in [5.41, 5.74) is 5.91. The van der Waals surface area contributed by atoms with Crippen LogP contribution in [0.5, 0.6) is 5.75 Å². The fraction of sp³-hybridized carbons (Fsp3) is 0.455. The zero-order valence-electron chi connectivity index (χ0n) is 8.88. The van der Waals surface area contributed by atoms with E-state index in [4.69, 9.17) is 15.6 Å². The molecule has 3 nitrogen and oxygen atoms in total. The molecule has 0 saturated heterocycles. The number of anilines is 1. The molecule has 0 saturated carbocycles. The molecule has 0 aliphatic carbocycles. The Morgan fingerprint density at radius 1 is 1.31 bits per heavy atom. The number of hydrogen-bond acceptors (Lipinski definition) is 3. The highest BCUT2D eigenvalue weighted by Gasteiger charge is 2.08. The quantitative estimate of drug-likeness (QED) is 0.626. The molecule has 90 valence electrons. The minimum absolute atomic E-state index is 0.197. The van der Waals surface area contributed by atoms with Gasteiger partial charge in [-0.05, 0) is 41.3 Å². The van der Waals surface area contributed by atoms with Crippen LogP contribution in [-0.4, -0.2) is 18.3 Å². The third-order valence-electron chi connectivity index (χ3n) is 2.09. The molecule has 5 heteroatoms. The average molecular weight is 292 g/mol. The van der Waals surface area contributed by atoms with E-state index in [2.05, 4.69) is 15.9 Å². The Kier molecular flexibility index (Phi) is 5.55. The number of aliphatic hydroxyl groups is 1. The zero-order valence-corrected chi connectivity index (χ0v) is 10.5. The van der Waals surface area contributed by atoms with Crippen molar-refractivity contribution < 1.29 is 14.2 Å². The van der Waals surface area contributed by atoms with E-state index in [-0.39, 0.29) is 12.3 Å². The highest BCUT2D eigenvalue weighted by atomic mass is 79.9. The van der Waals surface area contributed by atoms with Crippen LogP contribution in [0.1, 0.15) is 19.3 Å². The van der Waals surface area contributed by atoms with Gasteiger partial charge in [-0.25, -0.2) is 4.39 Å². The van der Waals surface area contributed by atoms with Crippen molar-refractivity contribution in [3.05, 3.63) is 22.4 Å². The molecule has 1 rings (SSSR count). The van der Waals surface area contributed by atoms with Crippen LogP contribution in [-0.2, 0) is 0 Å². The van der Waals surface area contributed by atoms with E-state index in [0.29, 0.717) is 16.8 Å². The van der Waals surface area contributed by atoms with Crippen LogP contribution in [0.2, 0.25) is 0 Å². The normalized spacial score (nSPS) is 10.4. The molecule has 0 amide bonds. The van der Waals surface area contributed by atoms with Crippen molar-refractivity contribution >= 4 is 21.6 Å². The van der Waals surface area contributed by atoms with Gasteiger partial charge in [0.1, 0.15) is 5.82 Å². The number of rotatable bonds is 6. The first-order valence-electron chi connectivity index (χ1n) is 5.13. The molecule has 0 aromatic heterocycles. The van der Waals surface area contributed by atoms with E-state index in [9.17, 15) is 4.39 Å². The van der Waals surface area contributed by atoms with Gasteiger partial charge in [0.15, 0.2) is 5.75 Å². The SMILES string of the molecule is Nc1cc(F)cc(Br)c1OCCCCCO. The fourth-order valence-corrected chi connectivity index (χ4v) is 1.86. The maximum absolute atomic E-state index is 12.9. The summed E-state index contributed by atoms with van der Waals surface area (Å²) in [5.74, 6) is 0.0856. The van der Waals surface area contributed by atoms with Gasteiger partial charge in [-0.3, -0.25) is 0 Å². The molecule has 0 spiro atoms. The largest absolute Gasteiger partial charge is 0.490 e. The lowest BCUT2D eigenvalue weighted by Gasteiger charge is -2.10. The predicted molar refractivity (Wildman–Crippen MR) is 64.9 cm³/mol. The van der Waals surface area contributed by atoms with Gasteiger partial charge in [0.25, 0.3) is 0 Å². The first kappa shape index (κ1) is 13.3. The summed E-state index contributed by atoms with van der Waals surface area (Å²) in [6, 6.07) is 2.55. The number of halogens is 2. The Labute approximate surface area is 103 Å². The van der Waals surface area contributed by atoms with Gasteiger partial charge in [-0.1, -0.05) is 0 Å². The summed E-state index contributed by atoms with van der Waals surface area (Å²) in [5, 5.41) is 8.59. The highest BCUT2D eigenvalue weighted by Crippen LogP contribution is 2.32. The number of aliphatic hydroxyl groups excluding tert-OH is 1. The standard InChI is InChI=1S/C11H15BrFNO2/c12-9-6-8(13)7-10(14)11(9)16-5-3-1-2-4-15/h6-7,15H,1-5,14H2. The molecule has 16 heavy (non-hydrogen) atoms. The van der Waals surface area contributed by atoms with Crippen LogP contribution in [0.15, 0.2) is 16.6 Å². The number of nitrogen functional groups attached to an aromatic ring is 1. The maximum Gasteiger partial charge on any atom is 0.156 e. The molecule has 0 radical (unpaired) electrons. The molecular weight excluding hydrogens is 277 g/mol. The number of unbranched alkanes of at least 4 members (excludes halogenated alkanes) is 2. The lowest BCUT2D eigenvalue weighted by atomic mass is 10.2. The topological polar surface area (TPSA) is 55.5 Å². The van der Waals surface area contributed by atoms with Crippen molar-refractivity contribution in [3.8, 4) is 5.75 Å². The second kappa shape index (κ2) is 6.70. The van der Waals surface area contributed by atoms with Crippen molar-refractivity contribution in [2.75, 3.05) is 18.9 Å². The molecule has 1 aromatic carbocycles. The van der Waals surface area contributed by atoms with Crippen LogP contribution in [0, 0.1) is 5.82 Å². The second-order valence-electron chi connectivity index (χ2n) is 3.44. The lowest BCUT2D eigenvalue weighted by Crippen LogP contribution is -2.02. The molecule has 0 aliphatic rings. The van der Waals surface area contributed by atoms with Crippen molar-refractivity contribution in [3.63, 3.8) is 0 Å². The molecule has 1 aromatic rings. The van der Waals surface area contributed by atoms with Crippen LogP contribution in [0.3, 0.4) is 0 Å². The van der Waals surface area contributed by atoms with E-state index in [1.807, 2.05) is 0 Å². The molecule has 0 fully saturated rings. The molecule has 0 heterocycles. The predicted octanol–water partition coefficient (Wildman–Crippen LogP) is 2.71. The van der Waals surface area contributed by atoms with Crippen molar-refractivity contribution in [1.29, 1.82) is 0 Å². The highest BCUT2D eigenvalue weighted by molar-refractivity contribution is 9.10. The summed E-state index contributed by atoms with van der Waals surface area (Å²) in [6.45, 7) is 0.705. The van der Waals surface area contributed by atoms with Gasteiger partial charge >= 0.3 is 0 Å². The van der Waals surface area contributed by atoms with E-state index in [0.717, 1.165) is 19.3 Å². The summed E-state index contributed by atoms with van der Waals surface area (Å²) in [4.78, 5) is 0. The van der Waals surface area contributed by atoms with Crippen molar-refractivity contribution in [2.45, 2.75) is 19.3 Å².